The summed E-state index contributed by atoms with van der Waals surface area (Å²) in [5, 5.41) is 6.74. The van der Waals surface area contributed by atoms with Crippen LogP contribution < -0.4 is 4.74 Å². The Bertz CT molecular complexity index is 4260. The van der Waals surface area contributed by atoms with Gasteiger partial charge in [0, 0.05) is 10.9 Å². The van der Waals surface area contributed by atoms with Gasteiger partial charge >= 0.3 is 0 Å². The van der Waals surface area contributed by atoms with E-state index in [0.29, 0.717) is 5.56 Å². The zero-order chi connectivity index (χ0) is 48.4. The Morgan fingerprint density at radius 1 is 0.269 bits per heavy atom. The lowest BCUT2D eigenvalue weighted by Gasteiger charge is -2.23. The van der Waals surface area contributed by atoms with E-state index < -0.39 is 6.04 Å². The molecule has 0 saturated heterocycles. The SMILES string of the molecule is [2H]c1c([2H])c([2H])c(-c2cc(-c3cccc(-c4c5c(c(-c6ccccc6)c6ccccc46)-c4cccc6cccc-5c46)c3)cc(-c3ccc4c5c(cccc35)-c3cc(-c5ccccc5)ccc3O4)c2)c([2H])c1[2H]. The van der Waals surface area contributed by atoms with Crippen LogP contribution in [-0.4, -0.2) is 0 Å². The first-order valence-electron chi connectivity index (χ1n) is 25.2. The molecule has 310 valence electrons. The van der Waals surface area contributed by atoms with Crippen LogP contribution in [0.15, 0.2) is 243 Å². The Balaban J connectivity index is 1.01. The van der Waals surface area contributed by atoms with Gasteiger partial charge in [0.1, 0.15) is 11.5 Å². The molecule has 0 N–H and O–H groups in total. The molecule has 1 nitrogen and oxygen atoms in total. The molecule has 0 unspecified atom stereocenters. The molecule has 0 atom stereocenters. The summed E-state index contributed by atoms with van der Waals surface area (Å²) in [5.41, 5.74) is 17.9. The molecular weight excluding hydrogens is 809 g/mol. The predicted octanol–water partition coefficient (Wildman–Crippen LogP) is 18.6. The van der Waals surface area contributed by atoms with Crippen molar-refractivity contribution in [2.75, 3.05) is 0 Å². The van der Waals surface area contributed by atoms with Crippen molar-refractivity contribution in [2.24, 2.45) is 0 Å². The largest absolute Gasteiger partial charge is 0.456 e. The van der Waals surface area contributed by atoms with Gasteiger partial charge in [-0.15, -0.1) is 0 Å². The van der Waals surface area contributed by atoms with Gasteiger partial charge in [-0.3, -0.25) is 0 Å². The minimum Gasteiger partial charge on any atom is -0.456 e. The number of fused-ring (bicyclic) bond motifs is 6. The van der Waals surface area contributed by atoms with Crippen LogP contribution in [0.3, 0.4) is 0 Å². The summed E-state index contributed by atoms with van der Waals surface area (Å²) in [6, 6.07) is 73.0. The van der Waals surface area contributed by atoms with E-state index in [2.05, 4.69) is 170 Å². The topological polar surface area (TPSA) is 9.23 Å². The van der Waals surface area contributed by atoms with Crippen LogP contribution in [0.1, 0.15) is 6.85 Å². The second-order valence-corrected chi connectivity index (χ2v) is 17.5. The zero-order valence-electron chi connectivity index (χ0n) is 41.1. The van der Waals surface area contributed by atoms with Gasteiger partial charge in [-0.1, -0.05) is 200 Å². The molecule has 1 aliphatic heterocycles. The summed E-state index contributed by atoms with van der Waals surface area (Å²) in [6.07, 6.45) is 0. The van der Waals surface area contributed by atoms with E-state index in [4.69, 9.17) is 8.85 Å². The van der Waals surface area contributed by atoms with Crippen molar-refractivity contribution in [1.82, 2.24) is 0 Å². The highest BCUT2D eigenvalue weighted by molar-refractivity contribution is 6.27. The van der Waals surface area contributed by atoms with E-state index in [-0.39, 0.29) is 29.7 Å². The highest BCUT2D eigenvalue weighted by Crippen LogP contribution is 2.58. The normalized spacial score (nSPS) is 13.0. The molecule has 1 aliphatic carbocycles. The van der Waals surface area contributed by atoms with E-state index in [1.54, 1.807) is 0 Å². The molecule has 1 heterocycles. The van der Waals surface area contributed by atoms with Crippen molar-refractivity contribution < 1.29 is 11.6 Å². The number of hydrogen-bond acceptors (Lipinski definition) is 1. The van der Waals surface area contributed by atoms with E-state index in [0.717, 1.165) is 83.3 Å². The molecule has 2 aliphatic rings. The molecule has 0 spiro atoms. The Morgan fingerprint density at radius 3 is 1.55 bits per heavy atom. The van der Waals surface area contributed by atoms with Crippen LogP contribution in [0, 0.1) is 0 Å². The molecule has 0 aromatic heterocycles. The van der Waals surface area contributed by atoms with Crippen LogP contribution in [0.25, 0.3) is 132 Å². The predicted molar refractivity (Wildman–Crippen MR) is 282 cm³/mol. The molecule has 12 aromatic rings. The molecule has 0 amide bonds. The third-order valence-corrected chi connectivity index (χ3v) is 13.8. The van der Waals surface area contributed by atoms with Crippen molar-refractivity contribution >= 4 is 32.3 Å². The van der Waals surface area contributed by atoms with Crippen LogP contribution >= 0.6 is 0 Å². The fraction of sp³-hybridized carbons (Fsp3) is 0. The summed E-state index contributed by atoms with van der Waals surface area (Å²) in [5.74, 6) is 1.55. The molecule has 1 heteroatoms. The third-order valence-electron chi connectivity index (χ3n) is 13.8. The monoisotopic (exact) mass is 853 g/mol. The standard InChI is InChI=1S/C66H40O/c1-4-16-41(17-5-1)46-32-34-59-58(40-46)55-29-15-28-52-51(33-35-60(67-59)64(52)55)50-38-48(42-18-6-2-7-19-42)37-49(39-50)45-24-12-25-47(36-45)63-54-27-11-10-26-53(54)62(44-20-8-3-9-21-44)65-56-30-13-22-43-23-14-31-57(61(43)56)66(63)65/h1-40H/i2D,6D,7D,18D,19D. The maximum absolute atomic E-state index is 9.18. The molecular formula is C66H40O. The lowest BCUT2D eigenvalue weighted by atomic mass is 9.82. The molecule has 12 aromatic carbocycles. The van der Waals surface area contributed by atoms with Gasteiger partial charge in [-0.25, -0.2) is 0 Å². The van der Waals surface area contributed by atoms with Crippen molar-refractivity contribution in [3.05, 3.63) is 243 Å². The number of rotatable bonds is 6. The summed E-state index contributed by atoms with van der Waals surface area (Å²) in [7, 11) is 0. The van der Waals surface area contributed by atoms with E-state index in [9.17, 15) is 2.74 Å². The lowest BCUT2D eigenvalue weighted by molar-refractivity contribution is 0.487. The molecule has 0 saturated carbocycles. The van der Waals surface area contributed by atoms with Gasteiger partial charge in [0.15, 0.2) is 0 Å². The Labute approximate surface area is 396 Å². The first-order valence-corrected chi connectivity index (χ1v) is 22.7. The summed E-state index contributed by atoms with van der Waals surface area (Å²) in [6.45, 7) is 0. The van der Waals surface area contributed by atoms with Crippen molar-refractivity contribution in [3.8, 4) is 112 Å². The van der Waals surface area contributed by atoms with Gasteiger partial charge in [0.25, 0.3) is 0 Å². The van der Waals surface area contributed by atoms with Gasteiger partial charge in [0.05, 0.1) is 6.85 Å². The average molecular weight is 854 g/mol. The maximum Gasteiger partial charge on any atom is 0.135 e. The van der Waals surface area contributed by atoms with Crippen molar-refractivity contribution in [1.29, 1.82) is 0 Å². The summed E-state index contributed by atoms with van der Waals surface area (Å²) < 4.78 is 50.9. The summed E-state index contributed by atoms with van der Waals surface area (Å²) >= 11 is 0. The van der Waals surface area contributed by atoms with Gasteiger partial charge in [-0.05, 0) is 164 Å². The van der Waals surface area contributed by atoms with Gasteiger partial charge < -0.3 is 4.74 Å². The minimum atomic E-state index is -0.423. The number of hydrogen-bond donors (Lipinski definition) is 0. The Kier molecular flexibility index (Phi) is 7.29. The van der Waals surface area contributed by atoms with Crippen molar-refractivity contribution in [3.63, 3.8) is 0 Å². The molecule has 0 fully saturated rings. The van der Waals surface area contributed by atoms with Crippen LogP contribution in [0.4, 0.5) is 0 Å². The minimum absolute atomic E-state index is 0.153. The van der Waals surface area contributed by atoms with Crippen molar-refractivity contribution in [2.45, 2.75) is 0 Å². The third kappa shape index (κ3) is 5.88. The lowest BCUT2D eigenvalue weighted by Crippen LogP contribution is -1.98. The first kappa shape index (κ1) is 32.8. The molecule has 67 heavy (non-hydrogen) atoms. The highest BCUT2D eigenvalue weighted by atomic mass is 16.5. The van der Waals surface area contributed by atoms with E-state index in [1.807, 2.05) is 42.5 Å². The van der Waals surface area contributed by atoms with Crippen LogP contribution in [0.2, 0.25) is 0 Å². The quantitative estimate of drug-likeness (QED) is 0.162. The second-order valence-electron chi connectivity index (χ2n) is 17.5. The zero-order valence-corrected chi connectivity index (χ0v) is 36.1. The molecule has 0 bridgehead atoms. The van der Waals surface area contributed by atoms with E-state index in [1.165, 1.54) is 49.5 Å². The highest BCUT2D eigenvalue weighted by Gasteiger charge is 2.31. The fourth-order valence-corrected chi connectivity index (χ4v) is 11.0. The van der Waals surface area contributed by atoms with Crippen LogP contribution in [0.5, 0.6) is 11.5 Å². The number of ether oxygens (including phenoxy) is 1. The number of benzene rings is 12. The maximum atomic E-state index is 9.18. The molecule has 14 rings (SSSR count). The molecule has 0 radical (unpaired) electrons. The van der Waals surface area contributed by atoms with Crippen LogP contribution in [-0.2, 0) is 0 Å². The van der Waals surface area contributed by atoms with Gasteiger partial charge in [0.2, 0.25) is 0 Å². The smallest absolute Gasteiger partial charge is 0.135 e. The Morgan fingerprint density at radius 2 is 0.806 bits per heavy atom. The van der Waals surface area contributed by atoms with Gasteiger partial charge in [-0.2, -0.15) is 0 Å². The van der Waals surface area contributed by atoms with E-state index >= 15 is 0 Å². The second kappa shape index (κ2) is 14.9. The Hall–Kier alpha value is -8.78. The average Bonchev–Trinajstić information content (AvgIpc) is 3.76. The summed E-state index contributed by atoms with van der Waals surface area (Å²) in [4.78, 5) is 0. The fourth-order valence-electron chi connectivity index (χ4n) is 11.0. The first-order chi connectivity index (χ1) is 35.3.